The van der Waals surface area contributed by atoms with Crippen LogP contribution in [0.1, 0.15) is 19.4 Å². The molecule has 0 saturated heterocycles. The van der Waals surface area contributed by atoms with E-state index in [4.69, 9.17) is 4.74 Å². The second kappa shape index (κ2) is 11.7. The third kappa shape index (κ3) is 6.94. The Bertz CT molecular complexity index is 1340. The first-order chi connectivity index (χ1) is 17.0. The minimum absolute atomic E-state index is 0.123. The number of ether oxygens (including phenoxy) is 1. The third-order valence-corrected chi connectivity index (χ3v) is 6.98. The predicted octanol–water partition coefficient (Wildman–Crippen LogP) is 6.47. The van der Waals surface area contributed by atoms with Crippen LogP contribution in [0.25, 0.3) is 16.3 Å². The number of benzene rings is 3. The molecule has 1 unspecified atom stereocenters. The summed E-state index contributed by atoms with van der Waals surface area (Å²) in [5.74, 6) is 0.464. The molecule has 0 fully saturated rings. The maximum absolute atomic E-state index is 12.7. The van der Waals surface area contributed by atoms with Crippen molar-refractivity contribution in [3.63, 3.8) is 0 Å². The number of hydrogen-bond acceptors (Lipinski definition) is 6. The van der Waals surface area contributed by atoms with Crippen molar-refractivity contribution >= 4 is 62.0 Å². The van der Waals surface area contributed by atoms with Gasteiger partial charge in [-0.15, -0.1) is 11.8 Å². The predicted molar refractivity (Wildman–Crippen MR) is 145 cm³/mol. The zero-order valence-electron chi connectivity index (χ0n) is 19.4. The Morgan fingerprint density at radius 2 is 1.83 bits per heavy atom. The summed E-state index contributed by atoms with van der Waals surface area (Å²) in [6.07, 6.45) is 3.27. The first-order valence-electron chi connectivity index (χ1n) is 11.2. The quantitative estimate of drug-likeness (QED) is 0.202. The highest BCUT2D eigenvalue weighted by molar-refractivity contribution is 8.00. The molecule has 1 heterocycles. The molecule has 4 aromatic rings. The highest BCUT2D eigenvalue weighted by Crippen LogP contribution is 2.31. The Morgan fingerprint density at radius 1 is 1.06 bits per heavy atom. The fourth-order valence-electron chi connectivity index (χ4n) is 3.22. The molecule has 2 amide bonds. The second-order valence-electron chi connectivity index (χ2n) is 7.59. The van der Waals surface area contributed by atoms with Crippen LogP contribution in [0.5, 0.6) is 5.75 Å². The molecular formula is C27H25N3O3S2. The standard InChI is InChI=1S/C27H25N3O3S2/c1-3-33-21-12-15-23-24(17-21)35-27(29-23)30-26(32)18(2)34-22-13-10-20(11-14-22)28-25(31)16-9-19-7-5-4-6-8-19/h4-18H,3H2,1-2H3,(H,28,31)(H,29,30,32)/b16-9+. The number of nitrogens with one attached hydrogen (secondary N) is 2. The molecule has 1 atom stereocenters. The van der Waals surface area contributed by atoms with E-state index < -0.39 is 0 Å². The lowest BCUT2D eigenvalue weighted by Crippen LogP contribution is -2.22. The highest BCUT2D eigenvalue weighted by atomic mass is 32.2. The molecular weight excluding hydrogens is 478 g/mol. The Labute approximate surface area is 212 Å². The van der Waals surface area contributed by atoms with Crippen molar-refractivity contribution < 1.29 is 14.3 Å². The molecule has 4 rings (SSSR count). The van der Waals surface area contributed by atoms with Crippen LogP contribution in [0.2, 0.25) is 0 Å². The number of amides is 2. The van der Waals surface area contributed by atoms with Gasteiger partial charge in [0, 0.05) is 16.7 Å². The molecule has 0 spiro atoms. The Hall–Kier alpha value is -3.62. The Kier molecular flexibility index (Phi) is 8.18. The number of thiazole rings is 1. The number of thioether (sulfide) groups is 1. The van der Waals surface area contributed by atoms with Gasteiger partial charge in [0.15, 0.2) is 5.13 Å². The SMILES string of the molecule is CCOc1ccc2nc(NC(=O)C(C)Sc3ccc(NC(=O)/C=C/c4ccccc4)cc3)sc2c1. The van der Waals surface area contributed by atoms with E-state index in [1.807, 2.05) is 86.6 Å². The lowest BCUT2D eigenvalue weighted by Gasteiger charge is -2.11. The summed E-state index contributed by atoms with van der Waals surface area (Å²) in [6, 6.07) is 22.8. The summed E-state index contributed by atoms with van der Waals surface area (Å²) in [5, 5.41) is 5.99. The molecule has 35 heavy (non-hydrogen) atoms. The average molecular weight is 504 g/mol. The molecule has 0 radical (unpaired) electrons. The number of carbonyl (C=O) groups excluding carboxylic acids is 2. The van der Waals surface area contributed by atoms with Crippen LogP contribution in [-0.2, 0) is 9.59 Å². The van der Waals surface area contributed by atoms with Gasteiger partial charge >= 0.3 is 0 Å². The number of rotatable bonds is 9. The van der Waals surface area contributed by atoms with Crippen molar-refractivity contribution in [1.29, 1.82) is 0 Å². The van der Waals surface area contributed by atoms with Crippen LogP contribution in [0, 0.1) is 0 Å². The molecule has 0 aliphatic carbocycles. The molecule has 0 saturated carbocycles. The van der Waals surface area contributed by atoms with Gasteiger partial charge in [-0.3, -0.25) is 9.59 Å². The largest absolute Gasteiger partial charge is 0.494 e. The number of hydrogen-bond donors (Lipinski definition) is 2. The number of nitrogens with zero attached hydrogens (tertiary/aromatic N) is 1. The van der Waals surface area contributed by atoms with Crippen LogP contribution < -0.4 is 15.4 Å². The van der Waals surface area contributed by atoms with E-state index in [-0.39, 0.29) is 17.1 Å². The highest BCUT2D eigenvalue weighted by Gasteiger charge is 2.17. The number of aromatic nitrogens is 1. The first kappa shape index (κ1) is 24.5. The van der Waals surface area contributed by atoms with Crippen LogP contribution >= 0.6 is 23.1 Å². The van der Waals surface area contributed by atoms with Crippen LogP contribution in [0.3, 0.4) is 0 Å². The zero-order valence-corrected chi connectivity index (χ0v) is 21.0. The van der Waals surface area contributed by atoms with Gasteiger partial charge in [0.1, 0.15) is 5.75 Å². The Balaban J connectivity index is 1.30. The summed E-state index contributed by atoms with van der Waals surface area (Å²) in [6.45, 7) is 4.39. The van der Waals surface area contributed by atoms with Gasteiger partial charge in [-0.25, -0.2) is 4.98 Å². The maximum atomic E-state index is 12.7. The fraction of sp³-hybridized carbons (Fsp3) is 0.148. The third-order valence-electron chi connectivity index (χ3n) is 4.93. The first-order valence-corrected chi connectivity index (χ1v) is 12.8. The van der Waals surface area contributed by atoms with Crippen molar-refractivity contribution in [3.05, 3.63) is 84.4 Å². The number of anilines is 2. The van der Waals surface area contributed by atoms with E-state index >= 15 is 0 Å². The second-order valence-corrected chi connectivity index (χ2v) is 10.0. The van der Waals surface area contributed by atoms with E-state index in [0.29, 0.717) is 17.4 Å². The summed E-state index contributed by atoms with van der Waals surface area (Å²) < 4.78 is 6.49. The van der Waals surface area contributed by atoms with Crippen molar-refractivity contribution in [2.75, 3.05) is 17.2 Å². The van der Waals surface area contributed by atoms with Crippen molar-refractivity contribution in [2.45, 2.75) is 24.0 Å². The van der Waals surface area contributed by atoms with Crippen LogP contribution in [-0.4, -0.2) is 28.7 Å². The molecule has 3 aromatic carbocycles. The van der Waals surface area contributed by atoms with E-state index in [2.05, 4.69) is 15.6 Å². The minimum Gasteiger partial charge on any atom is -0.494 e. The van der Waals surface area contributed by atoms with Gasteiger partial charge in [0.25, 0.3) is 0 Å². The molecule has 1 aromatic heterocycles. The molecule has 0 aliphatic rings. The molecule has 178 valence electrons. The molecule has 8 heteroatoms. The van der Waals surface area contributed by atoms with Gasteiger partial charge in [0.2, 0.25) is 11.8 Å². The van der Waals surface area contributed by atoms with Crippen molar-refractivity contribution in [2.24, 2.45) is 0 Å². The topological polar surface area (TPSA) is 80.3 Å². The number of carbonyl (C=O) groups is 2. The lowest BCUT2D eigenvalue weighted by atomic mass is 10.2. The fourth-order valence-corrected chi connectivity index (χ4v) is 4.98. The molecule has 0 bridgehead atoms. The molecule has 2 N–H and O–H groups in total. The molecule has 6 nitrogen and oxygen atoms in total. The average Bonchev–Trinajstić information content (AvgIpc) is 3.26. The zero-order chi connectivity index (χ0) is 24.6. The van der Waals surface area contributed by atoms with E-state index in [0.717, 1.165) is 26.4 Å². The van der Waals surface area contributed by atoms with Gasteiger partial charge in [-0.1, -0.05) is 41.7 Å². The summed E-state index contributed by atoms with van der Waals surface area (Å²) >= 11 is 2.86. The van der Waals surface area contributed by atoms with E-state index in [9.17, 15) is 9.59 Å². The minimum atomic E-state index is -0.324. The van der Waals surface area contributed by atoms with Gasteiger partial charge < -0.3 is 15.4 Å². The Morgan fingerprint density at radius 3 is 2.57 bits per heavy atom. The monoisotopic (exact) mass is 503 g/mol. The van der Waals surface area contributed by atoms with Crippen molar-refractivity contribution in [3.8, 4) is 5.75 Å². The summed E-state index contributed by atoms with van der Waals surface area (Å²) in [5.41, 5.74) is 2.48. The lowest BCUT2D eigenvalue weighted by molar-refractivity contribution is -0.115. The summed E-state index contributed by atoms with van der Waals surface area (Å²) in [7, 11) is 0. The van der Waals surface area contributed by atoms with Crippen LogP contribution in [0.15, 0.2) is 83.8 Å². The maximum Gasteiger partial charge on any atom is 0.248 e. The smallest absolute Gasteiger partial charge is 0.248 e. The van der Waals surface area contributed by atoms with Gasteiger partial charge in [-0.05, 0) is 68.0 Å². The number of fused-ring (bicyclic) bond motifs is 1. The molecule has 0 aliphatic heterocycles. The van der Waals surface area contributed by atoms with Crippen LogP contribution in [0.4, 0.5) is 10.8 Å². The summed E-state index contributed by atoms with van der Waals surface area (Å²) in [4.78, 5) is 30.3. The van der Waals surface area contributed by atoms with Gasteiger partial charge in [0.05, 0.1) is 22.1 Å². The van der Waals surface area contributed by atoms with Gasteiger partial charge in [-0.2, -0.15) is 0 Å². The van der Waals surface area contributed by atoms with E-state index in [1.165, 1.54) is 29.2 Å². The van der Waals surface area contributed by atoms with Crippen molar-refractivity contribution in [1.82, 2.24) is 4.98 Å². The normalized spacial score (nSPS) is 11.9. The van der Waals surface area contributed by atoms with E-state index in [1.54, 1.807) is 6.08 Å².